The summed E-state index contributed by atoms with van der Waals surface area (Å²) in [5.74, 6) is 0.333. The number of carbonyl (C=O) groups excluding carboxylic acids is 2. The number of nitrogens with zero attached hydrogens (tertiary/aromatic N) is 1. The van der Waals surface area contributed by atoms with Gasteiger partial charge >= 0.3 is 0 Å². The second-order valence-electron chi connectivity index (χ2n) is 7.60. The van der Waals surface area contributed by atoms with E-state index < -0.39 is 6.04 Å². The molecule has 2 amide bonds. The molecule has 5 nitrogen and oxygen atoms in total. The molecule has 3 heterocycles. The Hall–Kier alpha value is -2.60. The van der Waals surface area contributed by atoms with E-state index in [-0.39, 0.29) is 11.8 Å². The molecular weight excluding hydrogens is 370 g/mol. The van der Waals surface area contributed by atoms with Crippen LogP contribution < -0.4 is 5.32 Å². The van der Waals surface area contributed by atoms with Crippen LogP contribution in [0.4, 0.5) is 0 Å². The fraction of sp³-hybridized carbons (Fsp3) is 0.364. The zero-order chi connectivity index (χ0) is 19.5. The van der Waals surface area contributed by atoms with Gasteiger partial charge in [-0.2, -0.15) is 0 Å². The third kappa shape index (κ3) is 3.97. The van der Waals surface area contributed by atoms with Gasteiger partial charge < -0.3 is 15.2 Å². The molecule has 2 unspecified atom stereocenters. The molecule has 4 rings (SSSR count). The Morgan fingerprint density at radius 2 is 2.14 bits per heavy atom. The highest BCUT2D eigenvalue weighted by molar-refractivity contribution is 7.12. The van der Waals surface area contributed by atoms with E-state index >= 15 is 0 Å². The Balaban J connectivity index is 1.58. The van der Waals surface area contributed by atoms with Crippen LogP contribution in [0.1, 0.15) is 35.0 Å². The van der Waals surface area contributed by atoms with Crippen LogP contribution in [0.15, 0.2) is 48.0 Å². The number of thiophene rings is 1. The number of aromatic amines is 1. The molecule has 0 radical (unpaired) electrons. The maximum atomic E-state index is 13.3. The molecule has 6 heteroatoms. The summed E-state index contributed by atoms with van der Waals surface area (Å²) in [7, 11) is 0. The van der Waals surface area contributed by atoms with Crippen LogP contribution in [0.2, 0.25) is 0 Å². The fourth-order valence-electron chi connectivity index (χ4n) is 3.97. The van der Waals surface area contributed by atoms with Crippen molar-refractivity contribution in [3.63, 3.8) is 0 Å². The van der Waals surface area contributed by atoms with E-state index in [2.05, 4.69) is 17.2 Å². The van der Waals surface area contributed by atoms with Crippen molar-refractivity contribution in [2.75, 3.05) is 13.1 Å². The predicted octanol–water partition coefficient (Wildman–Crippen LogP) is 3.83. The van der Waals surface area contributed by atoms with Gasteiger partial charge in [-0.15, -0.1) is 11.3 Å². The first-order valence-corrected chi connectivity index (χ1v) is 10.7. The molecule has 146 valence electrons. The van der Waals surface area contributed by atoms with E-state index in [9.17, 15) is 9.59 Å². The van der Waals surface area contributed by atoms with Crippen molar-refractivity contribution in [3.05, 3.63) is 58.4 Å². The van der Waals surface area contributed by atoms with Gasteiger partial charge in [0, 0.05) is 36.6 Å². The number of fused-ring (bicyclic) bond motifs is 1. The highest BCUT2D eigenvalue weighted by atomic mass is 32.1. The van der Waals surface area contributed by atoms with Crippen molar-refractivity contribution < 1.29 is 9.59 Å². The highest BCUT2D eigenvalue weighted by Crippen LogP contribution is 2.22. The number of benzene rings is 1. The molecular formula is C22H25N3O2S. The van der Waals surface area contributed by atoms with Crippen LogP contribution >= 0.6 is 11.3 Å². The van der Waals surface area contributed by atoms with Gasteiger partial charge in [-0.3, -0.25) is 9.59 Å². The lowest BCUT2D eigenvalue weighted by Gasteiger charge is -2.33. The molecule has 0 spiro atoms. The number of rotatable bonds is 5. The normalized spacial score (nSPS) is 18.2. The van der Waals surface area contributed by atoms with E-state index in [0.717, 1.165) is 42.4 Å². The zero-order valence-electron chi connectivity index (χ0n) is 16.0. The first-order valence-electron chi connectivity index (χ1n) is 9.80. The van der Waals surface area contributed by atoms with Crippen molar-refractivity contribution in [2.24, 2.45) is 5.92 Å². The summed E-state index contributed by atoms with van der Waals surface area (Å²) in [6, 6.07) is 11.1. The van der Waals surface area contributed by atoms with Gasteiger partial charge in [0.1, 0.15) is 6.04 Å². The van der Waals surface area contributed by atoms with E-state index in [1.165, 1.54) is 11.3 Å². The average molecular weight is 396 g/mol. The molecule has 28 heavy (non-hydrogen) atoms. The summed E-state index contributed by atoms with van der Waals surface area (Å²) >= 11 is 1.39. The molecule has 2 atom stereocenters. The summed E-state index contributed by atoms with van der Waals surface area (Å²) < 4.78 is 0. The molecule has 1 saturated heterocycles. The molecule has 2 aromatic heterocycles. The summed E-state index contributed by atoms with van der Waals surface area (Å²) in [4.78, 5) is 31.8. The van der Waals surface area contributed by atoms with Gasteiger partial charge in [0.2, 0.25) is 5.91 Å². The van der Waals surface area contributed by atoms with E-state index in [1.54, 1.807) is 6.07 Å². The second-order valence-corrected chi connectivity index (χ2v) is 8.55. The van der Waals surface area contributed by atoms with Crippen LogP contribution in [0.25, 0.3) is 10.9 Å². The van der Waals surface area contributed by atoms with Gasteiger partial charge in [-0.05, 0) is 41.8 Å². The minimum Gasteiger partial charge on any atom is -0.361 e. The van der Waals surface area contributed by atoms with Crippen molar-refractivity contribution in [1.82, 2.24) is 15.2 Å². The minimum absolute atomic E-state index is 0.0155. The SMILES string of the molecule is CC1CCCN(C(=O)C(Cc2c[nH]c3ccccc23)NC(=O)c2cccs2)C1. The number of hydrogen-bond acceptors (Lipinski definition) is 3. The van der Waals surface area contributed by atoms with Crippen molar-refractivity contribution in [1.29, 1.82) is 0 Å². The van der Waals surface area contributed by atoms with Crippen LogP contribution in [-0.4, -0.2) is 40.8 Å². The monoisotopic (exact) mass is 395 g/mol. The summed E-state index contributed by atoms with van der Waals surface area (Å²) in [5.41, 5.74) is 2.09. The quantitative estimate of drug-likeness (QED) is 0.690. The number of piperidine rings is 1. The van der Waals surface area contributed by atoms with Gasteiger partial charge in [0.05, 0.1) is 4.88 Å². The molecule has 3 aromatic rings. The number of para-hydroxylation sites is 1. The number of hydrogen-bond donors (Lipinski definition) is 2. The maximum Gasteiger partial charge on any atom is 0.262 e. The Morgan fingerprint density at radius 3 is 2.93 bits per heavy atom. The first-order chi connectivity index (χ1) is 13.6. The van der Waals surface area contributed by atoms with E-state index in [4.69, 9.17) is 0 Å². The Morgan fingerprint density at radius 1 is 1.29 bits per heavy atom. The number of carbonyl (C=O) groups is 2. The van der Waals surface area contributed by atoms with Gasteiger partial charge in [-0.25, -0.2) is 0 Å². The van der Waals surface area contributed by atoms with E-state index in [0.29, 0.717) is 17.2 Å². The Labute approximate surface area is 168 Å². The van der Waals surface area contributed by atoms with Gasteiger partial charge in [-0.1, -0.05) is 31.2 Å². The lowest BCUT2D eigenvalue weighted by Crippen LogP contribution is -2.52. The highest BCUT2D eigenvalue weighted by Gasteiger charge is 2.30. The number of aromatic nitrogens is 1. The summed E-state index contributed by atoms with van der Waals surface area (Å²) in [6.07, 6.45) is 4.59. The lowest BCUT2D eigenvalue weighted by molar-refractivity contribution is -0.134. The molecule has 1 aliphatic heterocycles. The van der Waals surface area contributed by atoms with Gasteiger partial charge in [0.15, 0.2) is 0 Å². The third-order valence-electron chi connectivity index (χ3n) is 5.42. The average Bonchev–Trinajstić information content (AvgIpc) is 3.37. The second kappa shape index (κ2) is 8.19. The standard InChI is InChI=1S/C22H25N3O2S/c1-15-6-4-10-25(14-15)22(27)19(24-21(26)20-9-5-11-28-20)12-16-13-23-18-8-3-2-7-17(16)18/h2-3,5,7-9,11,13,15,19,23H,4,6,10,12,14H2,1H3,(H,24,26). The number of likely N-dealkylation sites (tertiary alicyclic amines) is 1. The first kappa shape index (κ1) is 18.7. The van der Waals surface area contributed by atoms with Crippen molar-refractivity contribution in [3.8, 4) is 0 Å². The lowest BCUT2D eigenvalue weighted by atomic mass is 9.98. The molecule has 0 bridgehead atoms. The summed E-state index contributed by atoms with van der Waals surface area (Å²) in [6.45, 7) is 3.71. The zero-order valence-corrected chi connectivity index (χ0v) is 16.8. The minimum atomic E-state index is -0.570. The summed E-state index contributed by atoms with van der Waals surface area (Å²) in [5, 5.41) is 5.97. The smallest absolute Gasteiger partial charge is 0.262 e. The predicted molar refractivity (Wildman–Crippen MR) is 113 cm³/mol. The third-order valence-corrected chi connectivity index (χ3v) is 6.28. The largest absolute Gasteiger partial charge is 0.361 e. The number of H-pyrrole nitrogens is 1. The number of amides is 2. The van der Waals surface area contributed by atoms with Crippen molar-refractivity contribution in [2.45, 2.75) is 32.2 Å². The molecule has 0 saturated carbocycles. The Bertz CT molecular complexity index is 963. The molecule has 2 N–H and O–H groups in total. The van der Waals surface area contributed by atoms with Gasteiger partial charge in [0.25, 0.3) is 5.91 Å². The molecule has 0 aliphatic carbocycles. The maximum absolute atomic E-state index is 13.3. The topological polar surface area (TPSA) is 65.2 Å². The van der Waals surface area contributed by atoms with E-state index in [1.807, 2.05) is 46.8 Å². The van der Waals surface area contributed by atoms with Crippen LogP contribution in [-0.2, 0) is 11.2 Å². The molecule has 1 fully saturated rings. The van der Waals surface area contributed by atoms with Crippen molar-refractivity contribution >= 4 is 34.1 Å². The molecule has 1 aromatic carbocycles. The fourth-order valence-corrected chi connectivity index (χ4v) is 4.59. The van der Waals surface area contributed by atoms with Crippen LogP contribution in [0.5, 0.6) is 0 Å². The molecule has 1 aliphatic rings. The Kier molecular flexibility index (Phi) is 5.48. The van der Waals surface area contributed by atoms with Crippen LogP contribution in [0, 0.1) is 5.92 Å². The van der Waals surface area contributed by atoms with Crippen LogP contribution in [0.3, 0.4) is 0 Å². The number of nitrogens with one attached hydrogen (secondary N) is 2.